The molecule has 0 bridgehead atoms. The topological polar surface area (TPSA) is 116 Å². The number of nitrogens with zero attached hydrogens (tertiary/aromatic N) is 1. The Labute approximate surface area is 114 Å². The van der Waals surface area contributed by atoms with Gasteiger partial charge in [-0.25, -0.2) is 0 Å². The number of carbonyl (C=O) groups excluding carboxylic acids is 1. The van der Waals surface area contributed by atoms with Gasteiger partial charge in [-0.3, -0.25) is 9.59 Å². The van der Waals surface area contributed by atoms with Crippen molar-refractivity contribution in [2.75, 3.05) is 5.32 Å². The maximum atomic E-state index is 11.7. The smallest absolute Gasteiger partial charge is 0.303 e. The van der Waals surface area contributed by atoms with E-state index in [0.717, 1.165) is 0 Å². The second-order valence-electron chi connectivity index (χ2n) is 3.83. The molecule has 1 atom stereocenters. The van der Waals surface area contributed by atoms with Crippen LogP contribution in [0, 0.1) is 11.3 Å². The Morgan fingerprint density at radius 3 is 2.74 bits per heavy atom. The van der Waals surface area contributed by atoms with Crippen LogP contribution in [-0.4, -0.2) is 23.0 Å². The average Bonchev–Trinajstić information content (AvgIpc) is 2.37. The number of carboxylic acids is 1. The summed E-state index contributed by atoms with van der Waals surface area (Å²) in [6.45, 7) is 0. The number of nitrogens with two attached hydrogens (primary N) is 1. The first-order valence-corrected chi connectivity index (χ1v) is 5.79. The highest BCUT2D eigenvalue weighted by Crippen LogP contribution is 2.22. The van der Waals surface area contributed by atoms with Crippen LogP contribution in [-0.2, 0) is 9.59 Å². The van der Waals surface area contributed by atoms with Crippen LogP contribution in [0.25, 0.3) is 0 Å². The number of aliphatic carboxylic acids is 1. The number of amides is 1. The zero-order valence-electron chi connectivity index (χ0n) is 9.89. The number of carboxylic acid groups (broad SMARTS) is 1. The van der Waals surface area contributed by atoms with Crippen molar-refractivity contribution in [2.24, 2.45) is 5.73 Å². The van der Waals surface area contributed by atoms with E-state index in [1.807, 2.05) is 6.07 Å². The molecule has 7 heteroatoms. The first-order valence-electron chi connectivity index (χ1n) is 5.42. The van der Waals surface area contributed by atoms with E-state index >= 15 is 0 Å². The van der Waals surface area contributed by atoms with Crippen molar-refractivity contribution in [1.29, 1.82) is 5.26 Å². The lowest BCUT2D eigenvalue weighted by molar-refractivity contribution is -0.137. The average molecular weight is 282 g/mol. The first-order chi connectivity index (χ1) is 8.93. The van der Waals surface area contributed by atoms with E-state index in [1.54, 1.807) is 0 Å². The largest absolute Gasteiger partial charge is 0.481 e. The molecule has 1 aromatic rings. The van der Waals surface area contributed by atoms with Gasteiger partial charge in [0.2, 0.25) is 5.91 Å². The number of halogens is 1. The van der Waals surface area contributed by atoms with Crippen molar-refractivity contribution >= 4 is 29.2 Å². The van der Waals surface area contributed by atoms with Gasteiger partial charge < -0.3 is 16.2 Å². The summed E-state index contributed by atoms with van der Waals surface area (Å²) in [7, 11) is 0. The van der Waals surface area contributed by atoms with Gasteiger partial charge in [0, 0.05) is 6.42 Å². The van der Waals surface area contributed by atoms with Crippen molar-refractivity contribution in [2.45, 2.75) is 18.9 Å². The number of anilines is 1. The third-order valence-electron chi connectivity index (χ3n) is 2.36. The second-order valence-corrected chi connectivity index (χ2v) is 4.24. The molecular formula is C12H12ClN3O3. The summed E-state index contributed by atoms with van der Waals surface area (Å²) in [5, 5.41) is 19.9. The minimum absolute atomic E-state index is 0.0368. The Bertz CT molecular complexity index is 540. The normalized spacial score (nSPS) is 11.4. The van der Waals surface area contributed by atoms with E-state index in [-0.39, 0.29) is 17.9 Å². The number of nitriles is 1. The van der Waals surface area contributed by atoms with Crippen LogP contribution >= 0.6 is 11.6 Å². The van der Waals surface area contributed by atoms with Crippen LogP contribution in [0.5, 0.6) is 0 Å². The highest BCUT2D eigenvalue weighted by atomic mass is 35.5. The minimum Gasteiger partial charge on any atom is -0.481 e. The van der Waals surface area contributed by atoms with Crippen molar-refractivity contribution in [3.63, 3.8) is 0 Å². The van der Waals surface area contributed by atoms with Crippen molar-refractivity contribution in [1.82, 2.24) is 0 Å². The van der Waals surface area contributed by atoms with Gasteiger partial charge in [-0.15, -0.1) is 0 Å². The van der Waals surface area contributed by atoms with E-state index in [2.05, 4.69) is 5.32 Å². The molecule has 19 heavy (non-hydrogen) atoms. The molecule has 4 N–H and O–H groups in total. The van der Waals surface area contributed by atoms with Crippen molar-refractivity contribution < 1.29 is 14.7 Å². The van der Waals surface area contributed by atoms with Gasteiger partial charge in [-0.2, -0.15) is 5.26 Å². The number of rotatable bonds is 5. The van der Waals surface area contributed by atoms with Crippen LogP contribution in [0.2, 0.25) is 5.02 Å². The Morgan fingerprint density at radius 1 is 1.53 bits per heavy atom. The molecule has 0 fully saturated rings. The summed E-state index contributed by atoms with van der Waals surface area (Å²) in [5.41, 5.74) is 6.25. The summed E-state index contributed by atoms with van der Waals surface area (Å²) >= 11 is 5.88. The van der Waals surface area contributed by atoms with E-state index in [0.29, 0.717) is 11.3 Å². The van der Waals surface area contributed by atoms with Gasteiger partial charge in [-0.1, -0.05) is 11.6 Å². The highest BCUT2D eigenvalue weighted by Gasteiger charge is 2.16. The number of hydrogen-bond acceptors (Lipinski definition) is 4. The number of hydrogen-bond donors (Lipinski definition) is 3. The summed E-state index contributed by atoms with van der Waals surface area (Å²) in [6, 6.07) is 5.40. The number of carbonyl (C=O) groups is 2. The van der Waals surface area contributed by atoms with E-state index in [9.17, 15) is 9.59 Å². The summed E-state index contributed by atoms with van der Waals surface area (Å²) in [4.78, 5) is 22.0. The van der Waals surface area contributed by atoms with E-state index in [1.165, 1.54) is 18.2 Å². The molecule has 0 aliphatic rings. The summed E-state index contributed by atoms with van der Waals surface area (Å²) < 4.78 is 0. The summed E-state index contributed by atoms with van der Waals surface area (Å²) in [5.74, 6) is -1.53. The fourth-order valence-corrected chi connectivity index (χ4v) is 1.55. The van der Waals surface area contributed by atoms with E-state index in [4.69, 9.17) is 27.7 Å². The molecule has 0 saturated carbocycles. The Hall–Kier alpha value is -2.10. The van der Waals surface area contributed by atoms with Gasteiger partial charge in [0.05, 0.1) is 28.4 Å². The van der Waals surface area contributed by atoms with Crippen LogP contribution in [0.1, 0.15) is 18.4 Å². The van der Waals surface area contributed by atoms with Crippen LogP contribution < -0.4 is 11.1 Å². The van der Waals surface area contributed by atoms with Gasteiger partial charge in [-0.05, 0) is 24.6 Å². The van der Waals surface area contributed by atoms with Crippen molar-refractivity contribution in [3.8, 4) is 6.07 Å². The third-order valence-corrected chi connectivity index (χ3v) is 2.67. The predicted molar refractivity (Wildman–Crippen MR) is 69.6 cm³/mol. The van der Waals surface area contributed by atoms with Gasteiger partial charge in [0.15, 0.2) is 0 Å². The lowest BCUT2D eigenvalue weighted by Gasteiger charge is -2.12. The monoisotopic (exact) mass is 281 g/mol. The Balaban J connectivity index is 2.66. The molecule has 0 aliphatic heterocycles. The molecule has 1 amide bonds. The van der Waals surface area contributed by atoms with Crippen molar-refractivity contribution in [3.05, 3.63) is 28.8 Å². The number of benzene rings is 1. The lowest BCUT2D eigenvalue weighted by atomic mass is 10.1. The molecule has 0 aliphatic carbocycles. The number of nitrogens with one attached hydrogen (secondary N) is 1. The van der Waals surface area contributed by atoms with Gasteiger partial charge in [0.1, 0.15) is 0 Å². The lowest BCUT2D eigenvalue weighted by Crippen LogP contribution is -2.36. The first kappa shape index (κ1) is 15.0. The zero-order chi connectivity index (χ0) is 14.4. The molecule has 1 aromatic carbocycles. The standard InChI is InChI=1S/C12H12ClN3O3/c13-8-5-7(6-14)1-3-10(8)16-12(19)9(15)2-4-11(17)18/h1,3,5,9H,2,4,15H2,(H,16,19)(H,17,18). The quantitative estimate of drug-likeness (QED) is 0.753. The second kappa shape index (κ2) is 6.73. The third kappa shape index (κ3) is 4.58. The highest BCUT2D eigenvalue weighted by molar-refractivity contribution is 6.33. The SMILES string of the molecule is N#Cc1ccc(NC(=O)C(N)CCC(=O)O)c(Cl)c1. The van der Waals surface area contributed by atoms with E-state index < -0.39 is 17.9 Å². The van der Waals surface area contributed by atoms with Crippen LogP contribution in [0.15, 0.2) is 18.2 Å². The molecule has 0 radical (unpaired) electrons. The fourth-order valence-electron chi connectivity index (χ4n) is 1.32. The molecule has 1 rings (SSSR count). The Morgan fingerprint density at radius 2 is 2.21 bits per heavy atom. The molecule has 0 aromatic heterocycles. The van der Waals surface area contributed by atoms with Gasteiger partial charge >= 0.3 is 5.97 Å². The molecular weight excluding hydrogens is 270 g/mol. The molecule has 1 unspecified atom stereocenters. The summed E-state index contributed by atoms with van der Waals surface area (Å²) in [6.07, 6.45) is -0.148. The van der Waals surface area contributed by atoms with Crippen LogP contribution in [0.3, 0.4) is 0 Å². The minimum atomic E-state index is -1.01. The molecule has 0 saturated heterocycles. The van der Waals surface area contributed by atoms with Gasteiger partial charge in [0.25, 0.3) is 0 Å². The fraction of sp³-hybridized carbons (Fsp3) is 0.250. The predicted octanol–water partition coefficient (Wildman–Crippen LogP) is 1.34. The zero-order valence-corrected chi connectivity index (χ0v) is 10.6. The Kier molecular flexibility index (Phi) is 5.30. The molecule has 6 nitrogen and oxygen atoms in total. The molecule has 0 heterocycles. The maximum Gasteiger partial charge on any atom is 0.303 e. The molecule has 0 spiro atoms. The van der Waals surface area contributed by atoms with Crippen LogP contribution in [0.4, 0.5) is 5.69 Å². The molecule has 100 valence electrons. The maximum absolute atomic E-state index is 11.7.